The predicted molar refractivity (Wildman–Crippen MR) is 282 cm³/mol. The molecule has 12 aromatic rings. The summed E-state index contributed by atoms with van der Waals surface area (Å²) in [6, 6.07) is 89.0. The van der Waals surface area contributed by atoms with Crippen molar-refractivity contribution in [1.82, 2.24) is 0 Å². The molecule has 0 N–H and O–H groups in total. The van der Waals surface area contributed by atoms with E-state index in [9.17, 15) is 0 Å². The van der Waals surface area contributed by atoms with Crippen LogP contribution in [0.25, 0.3) is 88.0 Å². The molecule has 1 atom stereocenters. The molecule has 1 heterocycles. The molecule has 1 aliphatic rings. The van der Waals surface area contributed by atoms with Crippen molar-refractivity contribution in [3.05, 3.63) is 259 Å². The Balaban J connectivity index is 1.10. The maximum atomic E-state index is 6.79. The number of nitrogens with zero attached hydrogens (tertiary/aromatic N) is 1. The van der Waals surface area contributed by atoms with Gasteiger partial charge in [-0.15, -0.1) is 0 Å². The highest BCUT2D eigenvalue weighted by atomic mass is 16.3. The van der Waals surface area contributed by atoms with Gasteiger partial charge in [0.05, 0.1) is 0 Å². The highest BCUT2D eigenvalue weighted by molar-refractivity contribution is 6.17. The average Bonchev–Trinajstić information content (AvgIpc) is 3.69. The molecule has 1 aliphatic carbocycles. The lowest BCUT2D eigenvalue weighted by atomic mass is 9.81. The van der Waals surface area contributed by atoms with E-state index < -0.39 is 0 Å². The Morgan fingerprint density at radius 3 is 1.70 bits per heavy atom. The van der Waals surface area contributed by atoms with Crippen molar-refractivity contribution in [2.45, 2.75) is 18.8 Å². The predicted octanol–water partition coefficient (Wildman–Crippen LogP) is 18.1. The monoisotopic (exact) mass is 855 g/mol. The van der Waals surface area contributed by atoms with Gasteiger partial charge in [-0.25, -0.2) is 0 Å². The van der Waals surface area contributed by atoms with Crippen LogP contribution in [-0.4, -0.2) is 0 Å². The Labute approximate surface area is 390 Å². The van der Waals surface area contributed by atoms with E-state index in [1.165, 1.54) is 82.7 Å². The zero-order valence-electron chi connectivity index (χ0n) is 36.9. The summed E-state index contributed by atoms with van der Waals surface area (Å²) in [4.78, 5) is 2.44. The van der Waals surface area contributed by atoms with Crippen LogP contribution in [0.15, 0.2) is 247 Å². The van der Waals surface area contributed by atoms with E-state index in [1.54, 1.807) is 0 Å². The first-order valence-electron chi connectivity index (χ1n) is 23.4. The molecule has 0 radical (unpaired) electrons. The quantitative estimate of drug-likeness (QED) is 0.149. The Hall–Kier alpha value is -8.46. The van der Waals surface area contributed by atoms with Crippen LogP contribution in [0.4, 0.5) is 17.1 Å². The summed E-state index contributed by atoms with van der Waals surface area (Å²) in [5, 5.41) is 7.47. The standard InChI is InChI=1S/C65H45NO/c1-4-17-43(18-5-1)45-31-34-50(35-32-45)66(51-25-16-24-47(39-51)44-19-6-2-7-20-44)52-36-38-57-56(59-40-48-23-10-11-26-53(48)54-27-12-13-28-55(54)59)37-33-49-41-62-65(58-29-14-15-30-61(58)67-62)64(63(49)60(57)42-52)46-21-8-3-9-22-46/h1-32,34-36,38-42,56H,33,37H2. The highest BCUT2D eigenvalue weighted by Crippen LogP contribution is 2.52. The Morgan fingerprint density at radius 2 is 0.940 bits per heavy atom. The highest BCUT2D eigenvalue weighted by Gasteiger charge is 2.31. The zero-order chi connectivity index (χ0) is 44.3. The number of aryl methyl sites for hydroxylation is 1. The molecule has 13 rings (SSSR count). The van der Waals surface area contributed by atoms with Gasteiger partial charge >= 0.3 is 0 Å². The lowest BCUT2D eigenvalue weighted by Crippen LogP contribution is -2.11. The van der Waals surface area contributed by atoms with Gasteiger partial charge in [0, 0.05) is 39.3 Å². The molecule has 0 fully saturated rings. The lowest BCUT2D eigenvalue weighted by molar-refractivity contribution is 0.667. The molecule has 0 saturated heterocycles. The largest absolute Gasteiger partial charge is 0.456 e. The van der Waals surface area contributed by atoms with E-state index in [0.29, 0.717) is 0 Å². The number of para-hydroxylation sites is 1. The second kappa shape index (κ2) is 16.2. The van der Waals surface area contributed by atoms with Crippen LogP contribution >= 0.6 is 0 Å². The van der Waals surface area contributed by atoms with Crippen molar-refractivity contribution >= 4 is 60.5 Å². The maximum Gasteiger partial charge on any atom is 0.136 e. The SMILES string of the molecule is c1ccc(-c2ccc(N(c3cccc(-c4ccccc4)c3)c3ccc4c(c3)-c3c(cc5oc6ccccc6c5c3-c3ccccc3)CCC4c3cc4ccccc4c4ccccc34)cc2)cc1. The first-order valence-corrected chi connectivity index (χ1v) is 23.4. The fraction of sp³-hybridized carbons (Fsp3) is 0.0462. The average molecular weight is 856 g/mol. The third kappa shape index (κ3) is 6.72. The maximum absolute atomic E-state index is 6.79. The van der Waals surface area contributed by atoms with E-state index in [4.69, 9.17) is 4.42 Å². The van der Waals surface area contributed by atoms with Crippen LogP contribution in [0.5, 0.6) is 0 Å². The van der Waals surface area contributed by atoms with Gasteiger partial charge in [0.25, 0.3) is 0 Å². The molecular formula is C65H45NO. The smallest absolute Gasteiger partial charge is 0.136 e. The third-order valence-corrected chi connectivity index (χ3v) is 14.1. The molecule has 1 aromatic heterocycles. The molecule has 67 heavy (non-hydrogen) atoms. The van der Waals surface area contributed by atoms with Gasteiger partial charge in [0.1, 0.15) is 11.2 Å². The number of rotatable bonds is 7. The summed E-state index contributed by atoms with van der Waals surface area (Å²) >= 11 is 0. The van der Waals surface area contributed by atoms with Crippen LogP contribution in [0.3, 0.4) is 0 Å². The Bertz CT molecular complexity index is 3800. The normalized spacial score (nSPS) is 13.4. The molecule has 2 nitrogen and oxygen atoms in total. The minimum absolute atomic E-state index is 0.123. The number of anilines is 3. The van der Waals surface area contributed by atoms with Gasteiger partial charge in [-0.05, 0) is 145 Å². The van der Waals surface area contributed by atoms with Crippen LogP contribution in [0, 0.1) is 0 Å². The number of benzene rings is 11. The summed E-state index contributed by atoms with van der Waals surface area (Å²) in [6.07, 6.45) is 1.84. The third-order valence-electron chi connectivity index (χ3n) is 14.1. The molecule has 0 amide bonds. The molecule has 0 saturated carbocycles. The molecule has 316 valence electrons. The van der Waals surface area contributed by atoms with Crippen molar-refractivity contribution in [3.63, 3.8) is 0 Å². The molecule has 0 bridgehead atoms. The van der Waals surface area contributed by atoms with Crippen molar-refractivity contribution in [3.8, 4) is 44.5 Å². The van der Waals surface area contributed by atoms with Crippen molar-refractivity contribution in [2.24, 2.45) is 0 Å². The molecule has 1 unspecified atom stereocenters. The van der Waals surface area contributed by atoms with Gasteiger partial charge in [0.2, 0.25) is 0 Å². The zero-order valence-corrected chi connectivity index (χ0v) is 36.9. The van der Waals surface area contributed by atoms with E-state index in [0.717, 1.165) is 51.8 Å². The molecule has 11 aromatic carbocycles. The first kappa shape index (κ1) is 39.0. The number of furan rings is 1. The van der Waals surface area contributed by atoms with Gasteiger partial charge < -0.3 is 9.32 Å². The topological polar surface area (TPSA) is 16.4 Å². The molecule has 0 spiro atoms. The van der Waals surface area contributed by atoms with Gasteiger partial charge in [-0.2, -0.15) is 0 Å². The van der Waals surface area contributed by atoms with Crippen LogP contribution in [0.1, 0.15) is 29.0 Å². The minimum atomic E-state index is 0.123. The molecule has 2 heteroatoms. The van der Waals surface area contributed by atoms with Crippen LogP contribution in [-0.2, 0) is 6.42 Å². The summed E-state index contributed by atoms with van der Waals surface area (Å²) < 4.78 is 6.79. The summed E-state index contributed by atoms with van der Waals surface area (Å²) in [7, 11) is 0. The first-order chi connectivity index (χ1) is 33.2. The summed E-state index contributed by atoms with van der Waals surface area (Å²) in [5.41, 5.74) is 18.9. The van der Waals surface area contributed by atoms with Gasteiger partial charge in [-0.1, -0.05) is 188 Å². The summed E-state index contributed by atoms with van der Waals surface area (Å²) in [5.74, 6) is 0.123. The van der Waals surface area contributed by atoms with E-state index in [-0.39, 0.29) is 5.92 Å². The molecular weight excluding hydrogens is 811 g/mol. The number of hydrogen-bond acceptors (Lipinski definition) is 2. The fourth-order valence-electron chi connectivity index (χ4n) is 11.0. The van der Waals surface area contributed by atoms with E-state index in [2.05, 4.69) is 248 Å². The number of fused-ring (bicyclic) bond motifs is 9. The Morgan fingerprint density at radius 1 is 0.358 bits per heavy atom. The minimum Gasteiger partial charge on any atom is -0.456 e. The van der Waals surface area contributed by atoms with Crippen molar-refractivity contribution in [2.75, 3.05) is 4.90 Å². The fourth-order valence-corrected chi connectivity index (χ4v) is 11.0. The number of hydrogen-bond donors (Lipinski definition) is 0. The second-order valence-corrected chi connectivity index (χ2v) is 17.9. The van der Waals surface area contributed by atoms with Crippen molar-refractivity contribution < 1.29 is 4.42 Å². The van der Waals surface area contributed by atoms with Gasteiger partial charge in [0.15, 0.2) is 0 Å². The van der Waals surface area contributed by atoms with Crippen LogP contribution < -0.4 is 4.90 Å². The van der Waals surface area contributed by atoms with E-state index >= 15 is 0 Å². The molecule has 0 aliphatic heterocycles. The van der Waals surface area contributed by atoms with Crippen molar-refractivity contribution in [1.29, 1.82) is 0 Å². The Kier molecular flexibility index (Phi) is 9.42. The van der Waals surface area contributed by atoms with E-state index in [1.807, 2.05) is 0 Å². The summed E-state index contributed by atoms with van der Waals surface area (Å²) in [6.45, 7) is 0. The van der Waals surface area contributed by atoms with Crippen LogP contribution in [0.2, 0.25) is 0 Å². The lowest BCUT2D eigenvalue weighted by Gasteiger charge is -2.29. The van der Waals surface area contributed by atoms with Gasteiger partial charge in [-0.3, -0.25) is 0 Å². The second-order valence-electron chi connectivity index (χ2n) is 17.9.